The molecule has 0 aliphatic rings. The van der Waals surface area contributed by atoms with E-state index in [1.165, 1.54) is 0 Å². The van der Waals surface area contributed by atoms with Crippen LogP contribution in [0.1, 0.15) is 15.9 Å². The van der Waals surface area contributed by atoms with Crippen molar-refractivity contribution >= 4 is 5.91 Å². The van der Waals surface area contributed by atoms with Gasteiger partial charge in [-0.3, -0.25) is 4.79 Å². The van der Waals surface area contributed by atoms with Gasteiger partial charge in [0.05, 0.1) is 12.7 Å². The van der Waals surface area contributed by atoms with Gasteiger partial charge in [-0.2, -0.15) is 0 Å². The molecule has 1 amide bonds. The van der Waals surface area contributed by atoms with Gasteiger partial charge < -0.3 is 15.0 Å². The molecule has 88 valence electrons. The lowest BCUT2D eigenvalue weighted by molar-refractivity contribution is 0.0951. The van der Waals surface area contributed by atoms with E-state index in [9.17, 15) is 4.79 Å². The van der Waals surface area contributed by atoms with Crippen molar-refractivity contribution in [2.45, 2.75) is 6.54 Å². The maximum atomic E-state index is 11.6. The monoisotopic (exact) mass is 230 g/mol. The highest BCUT2D eigenvalue weighted by Crippen LogP contribution is 2.11. The number of hydrogen-bond donors (Lipinski definition) is 2. The summed E-state index contributed by atoms with van der Waals surface area (Å²) in [7, 11) is 1.63. The molecule has 2 aromatic rings. The standard InChI is InChI=1S/C13H14N2O2/c1-17-12-4-2-10(3-5-12)8-15-13(16)11-6-7-14-9-11/h2-7,9,14H,8H2,1H3,(H,15,16). The van der Waals surface area contributed by atoms with Crippen LogP contribution in [-0.2, 0) is 6.54 Å². The Labute approximate surface area is 99.6 Å². The third kappa shape index (κ3) is 2.87. The first-order chi connectivity index (χ1) is 8.29. The predicted molar refractivity (Wildman–Crippen MR) is 65.0 cm³/mol. The molecule has 4 heteroatoms. The van der Waals surface area contributed by atoms with Crippen molar-refractivity contribution in [2.75, 3.05) is 7.11 Å². The lowest BCUT2D eigenvalue weighted by atomic mass is 10.2. The molecule has 0 bridgehead atoms. The highest BCUT2D eigenvalue weighted by atomic mass is 16.5. The summed E-state index contributed by atoms with van der Waals surface area (Å²) in [6, 6.07) is 9.34. The first-order valence-corrected chi connectivity index (χ1v) is 5.33. The van der Waals surface area contributed by atoms with Gasteiger partial charge >= 0.3 is 0 Å². The highest BCUT2D eigenvalue weighted by Gasteiger charge is 2.04. The van der Waals surface area contributed by atoms with Gasteiger partial charge in [-0.15, -0.1) is 0 Å². The fraction of sp³-hybridized carbons (Fsp3) is 0.154. The number of aromatic amines is 1. The van der Waals surface area contributed by atoms with Crippen LogP contribution in [0.4, 0.5) is 0 Å². The molecule has 0 spiro atoms. The third-order valence-electron chi connectivity index (χ3n) is 2.47. The molecule has 1 aromatic heterocycles. The van der Waals surface area contributed by atoms with Crippen molar-refractivity contribution < 1.29 is 9.53 Å². The summed E-state index contributed by atoms with van der Waals surface area (Å²) in [4.78, 5) is 14.5. The Morgan fingerprint density at radius 1 is 1.29 bits per heavy atom. The van der Waals surface area contributed by atoms with Crippen molar-refractivity contribution in [2.24, 2.45) is 0 Å². The van der Waals surface area contributed by atoms with Gasteiger partial charge in [-0.25, -0.2) is 0 Å². The second kappa shape index (κ2) is 5.21. The summed E-state index contributed by atoms with van der Waals surface area (Å²) in [6.45, 7) is 0.508. The smallest absolute Gasteiger partial charge is 0.253 e. The number of ether oxygens (including phenoxy) is 1. The topological polar surface area (TPSA) is 54.1 Å². The minimum absolute atomic E-state index is 0.0814. The molecule has 0 aliphatic carbocycles. The zero-order valence-corrected chi connectivity index (χ0v) is 9.57. The average Bonchev–Trinajstić information content (AvgIpc) is 2.90. The molecule has 1 heterocycles. The number of carbonyl (C=O) groups excluding carboxylic acids is 1. The van der Waals surface area contributed by atoms with E-state index in [2.05, 4.69) is 10.3 Å². The zero-order chi connectivity index (χ0) is 12.1. The van der Waals surface area contributed by atoms with Crippen LogP contribution in [0.25, 0.3) is 0 Å². The van der Waals surface area contributed by atoms with Gasteiger partial charge in [0.25, 0.3) is 5.91 Å². The van der Waals surface area contributed by atoms with Gasteiger partial charge in [-0.05, 0) is 23.8 Å². The van der Waals surface area contributed by atoms with Crippen molar-refractivity contribution in [3.8, 4) is 5.75 Å². The minimum Gasteiger partial charge on any atom is -0.497 e. The summed E-state index contributed by atoms with van der Waals surface area (Å²) < 4.78 is 5.06. The predicted octanol–water partition coefficient (Wildman–Crippen LogP) is 1.95. The second-order valence-corrected chi connectivity index (χ2v) is 3.63. The van der Waals surface area contributed by atoms with Gasteiger partial charge in [0.2, 0.25) is 0 Å². The van der Waals surface area contributed by atoms with Crippen molar-refractivity contribution in [3.05, 3.63) is 53.9 Å². The Morgan fingerprint density at radius 2 is 2.06 bits per heavy atom. The average molecular weight is 230 g/mol. The Kier molecular flexibility index (Phi) is 3.45. The number of aromatic nitrogens is 1. The van der Waals surface area contributed by atoms with Crippen LogP contribution in [0.5, 0.6) is 5.75 Å². The molecule has 0 atom stereocenters. The van der Waals surface area contributed by atoms with Crippen LogP contribution in [0.15, 0.2) is 42.7 Å². The first-order valence-electron chi connectivity index (χ1n) is 5.33. The van der Waals surface area contributed by atoms with E-state index in [0.29, 0.717) is 12.1 Å². The first kappa shape index (κ1) is 11.3. The summed E-state index contributed by atoms with van der Waals surface area (Å²) >= 11 is 0. The number of rotatable bonds is 4. The Morgan fingerprint density at radius 3 is 2.65 bits per heavy atom. The fourth-order valence-corrected chi connectivity index (χ4v) is 1.49. The van der Waals surface area contributed by atoms with E-state index < -0.39 is 0 Å². The zero-order valence-electron chi connectivity index (χ0n) is 9.57. The van der Waals surface area contributed by atoms with Crippen LogP contribution < -0.4 is 10.1 Å². The summed E-state index contributed by atoms with van der Waals surface area (Å²) in [5.41, 5.74) is 1.67. The molecule has 17 heavy (non-hydrogen) atoms. The number of hydrogen-bond acceptors (Lipinski definition) is 2. The molecule has 0 fully saturated rings. The number of benzene rings is 1. The number of carbonyl (C=O) groups is 1. The molecular formula is C13H14N2O2. The number of amides is 1. The molecular weight excluding hydrogens is 216 g/mol. The Bertz CT molecular complexity index is 475. The SMILES string of the molecule is COc1ccc(CNC(=O)c2cc[nH]c2)cc1. The maximum Gasteiger partial charge on any atom is 0.253 e. The van der Waals surface area contributed by atoms with Crippen LogP contribution in [-0.4, -0.2) is 18.0 Å². The molecule has 2 N–H and O–H groups in total. The van der Waals surface area contributed by atoms with E-state index >= 15 is 0 Å². The fourth-order valence-electron chi connectivity index (χ4n) is 1.49. The summed E-state index contributed by atoms with van der Waals surface area (Å²) in [5, 5.41) is 2.84. The normalized spacial score (nSPS) is 9.94. The van der Waals surface area contributed by atoms with Crippen molar-refractivity contribution in [1.82, 2.24) is 10.3 Å². The lowest BCUT2D eigenvalue weighted by Crippen LogP contribution is -2.22. The van der Waals surface area contributed by atoms with Crippen LogP contribution in [0, 0.1) is 0 Å². The molecule has 1 aromatic carbocycles. The van der Waals surface area contributed by atoms with Crippen LogP contribution >= 0.6 is 0 Å². The van der Waals surface area contributed by atoms with E-state index in [4.69, 9.17) is 4.74 Å². The van der Waals surface area contributed by atoms with E-state index in [1.54, 1.807) is 25.6 Å². The van der Waals surface area contributed by atoms with Crippen molar-refractivity contribution in [1.29, 1.82) is 0 Å². The maximum absolute atomic E-state index is 11.6. The van der Waals surface area contributed by atoms with Crippen LogP contribution in [0.3, 0.4) is 0 Å². The molecule has 0 saturated carbocycles. The van der Waals surface area contributed by atoms with Gasteiger partial charge in [0, 0.05) is 18.9 Å². The third-order valence-corrected chi connectivity index (χ3v) is 2.47. The Balaban J connectivity index is 1.91. The van der Waals surface area contributed by atoms with E-state index in [0.717, 1.165) is 11.3 Å². The molecule has 0 unspecified atom stereocenters. The van der Waals surface area contributed by atoms with E-state index in [-0.39, 0.29) is 5.91 Å². The summed E-state index contributed by atoms with van der Waals surface area (Å²) in [6.07, 6.45) is 3.39. The van der Waals surface area contributed by atoms with Gasteiger partial charge in [-0.1, -0.05) is 12.1 Å². The van der Waals surface area contributed by atoms with E-state index in [1.807, 2.05) is 24.3 Å². The molecule has 0 saturated heterocycles. The molecule has 2 rings (SSSR count). The minimum atomic E-state index is -0.0814. The molecule has 0 radical (unpaired) electrons. The van der Waals surface area contributed by atoms with Gasteiger partial charge in [0.15, 0.2) is 0 Å². The molecule has 0 aliphatic heterocycles. The second-order valence-electron chi connectivity index (χ2n) is 3.63. The largest absolute Gasteiger partial charge is 0.497 e. The quantitative estimate of drug-likeness (QED) is 0.843. The lowest BCUT2D eigenvalue weighted by Gasteiger charge is -2.05. The van der Waals surface area contributed by atoms with Gasteiger partial charge in [0.1, 0.15) is 5.75 Å². The summed E-state index contributed by atoms with van der Waals surface area (Å²) in [5.74, 6) is 0.729. The van der Waals surface area contributed by atoms with Crippen LogP contribution in [0.2, 0.25) is 0 Å². The molecule has 4 nitrogen and oxygen atoms in total. The van der Waals surface area contributed by atoms with Crippen molar-refractivity contribution in [3.63, 3.8) is 0 Å². The number of H-pyrrole nitrogens is 1. The Hall–Kier alpha value is -2.23. The number of methoxy groups -OCH3 is 1. The number of nitrogens with one attached hydrogen (secondary N) is 2. The highest BCUT2D eigenvalue weighted by molar-refractivity contribution is 5.93.